The molecule has 0 aromatic carbocycles. The van der Waals surface area contributed by atoms with Crippen LogP contribution in [0.2, 0.25) is 0 Å². The molecule has 3 amide bonds. The number of H-pyrrole nitrogens is 1. The fourth-order valence-electron chi connectivity index (χ4n) is 5.72. The predicted octanol–water partition coefficient (Wildman–Crippen LogP) is 2.16. The summed E-state index contributed by atoms with van der Waals surface area (Å²) in [6.45, 7) is 11.5. The van der Waals surface area contributed by atoms with E-state index >= 15 is 0 Å². The minimum absolute atomic E-state index is 0.0108. The molecule has 5 rings (SSSR count). The van der Waals surface area contributed by atoms with Gasteiger partial charge in [0.05, 0.1) is 23.4 Å². The van der Waals surface area contributed by atoms with Crippen LogP contribution in [0.25, 0.3) is 0 Å². The van der Waals surface area contributed by atoms with Crippen molar-refractivity contribution in [3.05, 3.63) is 41.3 Å². The second kappa shape index (κ2) is 9.70. The van der Waals surface area contributed by atoms with Gasteiger partial charge in [0.25, 0.3) is 5.91 Å². The lowest BCUT2D eigenvalue weighted by Gasteiger charge is -2.49. The first-order valence-corrected chi connectivity index (χ1v) is 13.0. The number of anilines is 1. The van der Waals surface area contributed by atoms with Crippen LogP contribution in [0.15, 0.2) is 24.4 Å². The molecule has 0 aliphatic carbocycles. The molecule has 0 unspecified atom stereocenters. The second-order valence-electron chi connectivity index (χ2n) is 11.1. The van der Waals surface area contributed by atoms with Gasteiger partial charge in [0.15, 0.2) is 5.82 Å². The van der Waals surface area contributed by atoms with Crippen molar-refractivity contribution in [2.75, 3.05) is 38.2 Å². The molecule has 0 saturated carbocycles. The van der Waals surface area contributed by atoms with E-state index in [1.165, 1.54) is 0 Å². The quantitative estimate of drug-likeness (QED) is 0.574. The maximum Gasteiger partial charge on any atom is 0.321 e. The Hall–Kier alpha value is -3.02. The zero-order valence-electron chi connectivity index (χ0n) is 22.0. The highest BCUT2D eigenvalue weighted by Gasteiger charge is 2.47. The average Bonchev–Trinajstić information content (AvgIpc) is 3.39. The van der Waals surface area contributed by atoms with Crippen LogP contribution < -0.4 is 5.32 Å². The SMILES string of the molecule is C[C@@H]1CN(C(=O)N2Cc3c(NC(=O)c4ccccn4)n[nH]c3C2(C)C)[C@@H](C)CN1CC1(O)CCOCC1. The molecule has 2 fully saturated rings. The van der Waals surface area contributed by atoms with Crippen LogP contribution in [-0.4, -0.2) is 97.5 Å². The molecule has 0 bridgehead atoms. The van der Waals surface area contributed by atoms with Crippen molar-refractivity contribution >= 4 is 17.8 Å². The fourth-order valence-corrected chi connectivity index (χ4v) is 5.72. The van der Waals surface area contributed by atoms with Gasteiger partial charge in [0.2, 0.25) is 0 Å². The number of aromatic amines is 1. The van der Waals surface area contributed by atoms with Gasteiger partial charge >= 0.3 is 6.03 Å². The lowest BCUT2D eigenvalue weighted by molar-refractivity contribution is -0.0934. The molecule has 2 atom stereocenters. The van der Waals surface area contributed by atoms with Crippen molar-refractivity contribution in [3.63, 3.8) is 0 Å². The lowest BCUT2D eigenvalue weighted by Crippen LogP contribution is -2.63. The number of nitrogens with one attached hydrogen (secondary N) is 2. The molecule has 2 saturated heterocycles. The normalized spacial score (nSPS) is 25.1. The first-order chi connectivity index (χ1) is 17.6. The molecule has 0 radical (unpaired) electrons. The Morgan fingerprint density at radius 2 is 1.95 bits per heavy atom. The van der Waals surface area contributed by atoms with E-state index in [2.05, 4.69) is 39.2 Å². The summed E-state index contributed by atoms with van der Waals surface area (Å²) in [7, 11) is 0. The number of hydrogen-bond acceptors (Lipinski definition) is 7. The average molecular weight is 512 g/mol. The summed E-state index contributed by atoms with van der Waals surface area (Å²) in [4.78, 5) is 36.7. The number of urea groups is 1. The van der Waals surface area contributed by atoms with E-state index in [-0.39, 0.29) is 24.0 Å². The van der Waals surface area contributed by atoms with E-state index in [4.69, 9.17) is 4.74 Å². The molecule has 11 nitrogen and oxygen atoms in total. The molecule has 5 heterocycles. The number of piperazine rings is 1. The number of nitrogens with zero attached hydrogens (tertiary/aromatic N) is 5. The van der Waals surface area contributed by atoms with Gasteiger partial charge in [-0.3, -0.25) is 19.8 Å². The lowest BCUT2D eigenvalue weighted by atomic mass is 9.92. The van der Waals surface area contributed by atoms with Crippen molar-refractivity contribution in [2.24, 2.45) is 0 Å². The van der Waals surface area contributed by atoms with Crippen LogP contribution in [0.3, 0.4) is 0 Å². The molecule has 11 heteroatoms. The van der Waals surface area contributed by atoms with E-state index in [1.54, 1.807) is 24.4 Å². The monoisotopic (exact) mass is 511 g/mol. The first-order valence-electron chi connectivity index (χ1n) is 13.0. The molecule has 2 aromatic heterocycles. The zero-order valence-corrected chi connectivity index (χ0v) is 22.0. The summed E-state index contributed by atoms with van der Waals surface area (Å²) in [5.74, 6) is 0.0761. The summed E-state index contributed by atoms with van der Waals surface area (Å²) in [5.41, 5.74) is 0.573. The molecule has 2 aromatic rings. The van der Waals surface area contributed by atoms with Crippen LogP contribution in [0, 0.1) is 0 Å². The molecule has 3 aliphatic rings. The third kappa shape index (κ3) is 4.83. The third-order valence-corrected chi connectivity index (χ3v) is 8.11. The largest absolute Gasteiger partial charge is 0.388 e. The van der Waals surface area contributed by atoms with Gasteiger partial charge in [0, 0.05) is 69.5 Å². The van der Waals surface area contributed by atoms with E-state index in [9.17, 15) is 14.7 Å². The number of amides is 3. The van der Waals surface area contributed by atoms with Gasteiger partial charge in [-0.15, -0.1) is 0 Å². The Bertz CT molecular complexity index is 1150. The van der Waals surface area contributed by atoms with Crippen molar-refractivity contribution in [1.82, 2.24) is 29.9 Å². The number of rotatable bonds is 4. The topological polar surface area (TPSA) is 127 Å². The maximum absolute atomic E-state index is 13.9. The summed E-state index contributed by atoms with van der Waals surface area (Å²) < 4.78 is 5.43. The summed E-state index contributed by atoms with van der Waals surface area (Å²) in [6, 6.07) is 5.22. The van der Waals surface area contributed by atoms with Crippen molar-refractivity contribution in [1.29, 1.82) is 0 Å². The molecule has 3 aliphatic heterocycles. The zero-order chi connectivity index (χ0) is 26.4. The van der Waals surface area contributed by atoms with E-state index in [1.807, 2.05) is 23.6 Å². The standard InChI is InChI=1S/C26H37N7O4/c1-17-14-32(18(2)13-31(17)16-26(36)8-11-37-12-9-26)24(35)33-15-19-21(25(33,3)4)29-30-22(19)28-23(34)20-7-5-6-10-27-20/h5-7,10,17-18,36H,8-9,11-16H2,1-4H3,(H2,28,29,30,34)/t17-,18+/m1/s1. The number of fused-ring (bicyclic) bond motifs is 1. The van der Waals surface area contributed by atoms with Gasteiger partial charge in [0.1, 0.15) is 5.69 Å². The predicted molar refractivity (Wildman–Crippen MR) is 137 cm³/mol. The molecule has 0 spiro atoms. The first kappa shape index (κ1) is 25.6. The molecule has 200 valence electrons. The number of hydrogen-bond donors (Lipinski definition) is 3. The second-order valence-corrected chi connectivity index (χ2v) is 11.1. The summed E-state index contributed by atoms with van der Waals surface area (Å²) in [6.07, 6.45) is 2.85. The molecule has 37 heavy (non-hydrogen) atoms. The van der Waals surface area contributed by atoms with Crippen LogP contribution in [0.4, 0.5) is 10.6 Å². The number of β-amino-alcohol motifs (C(OH)–C–C–N with tert-alkyl or cyclic N) is 1. The Kier molecular flexibility index (Phi) is 6.71. The van der Waals surface area contributed by atoms with Crippen LogP contribution in [0.1, 0.15) is 62.3 Å². The van der Waals surface area contributed by atoms with Gasteiger partial charge in [-0.1, -0.05) is 6.07 Å². The summed E-state index contributed by atoms with van der Waals surface area (Å²) in [5, 5.41) is 21.3. The number of pyridine rings is 1. The Labute approximate surface area is 217 Å². The summed E-state index contributed by atoms with van der Waals surface area (Å²) >= 11 is 0. The minimum atomic E-state index is -0.735. The molecule has 3 N–H and O–H groups in total. The Morgan fingerprint density at radius 3 is 2.65 bits per heavy atom. The number of ether oxygens (including phenoxy) is 1. The molecular weight excluding hydrogens is 474 g/mol. The highest BCUT2D eigenvalue weighted by Crippen LogP contribution is 2.41. The number of carbonyl (C=O) groups is 2. The fraction of sp³-hybridized carbons (Fsp3) is 0.615. The highest BCUT2D eigenvalue weighted by atomic mass is 16.5. The number of carbonyl (C=O) groups excluding carboxylic acids is 2. The Balaban J connectivity index is 1.27. The smallest absolute Gasteiger partial charge is 0.321 e. The third-order valence-electron chi connectivity index (χ3n) is 8.11. The van der Waals surface area contributed by atoms with Gasteiger partial charge in [-0.2, -0.15) is 5.10 Å². The van der Waals surface area contributed by atoms with Crippen LogP contribution >= 0.6 is 0 Å². The van der Waals surface area contributed by atoms with E-state index in [0.29, 0.717) is 63.7 Å². The Morgan fingerprint density at radius 1 is 1.19 bits per heavy atom. The van der Waals surface area contributed by atoms with E-state index < -0.39 is 11.1 Å². The number of aliphatic hydroxyl groups is 1. The highest BCUT2D eigenvalue weighted by molar-refractivity contribution is 6.02. The van der Waals surface area contributed by atoms with Crippen LogP contribution in [-0.2, 0) is 16.8 Å². The van der Waals surface area contributed by atoms with Crippen molar-refractivity contribution in [2.45, 2.75) is 70.3 Å². The molecular formula is C26H37N7O4. The maximum atomic E-state index is 13.9. The van der Waals surface area contributed by atoms with Gasteiger partial charge in [-0.25, -0.2) is 4.79 Å². The van der Waals surface area contributed by atoms with Crippen LogP contribution in [0.5, 0.6) is 0 Å². The van der Waals surface area contributed by atoms with Crippen molar-refractivity contribution < 1.29 is 19.4 Å². The van der Waals surface area contributed by atoms with Gasteiger partial charge < -0.3 is 25.0 Å². The van der Waals surface area contributed by atoms with Crippen molar-refractivity contribution in [3.8, 4) is 0 Å². The van der Waals surface area contributed by atoms with E-state index in [0.717, 1.165) is 11.3 Å². The minimum Gasteiger partial charge on any atom is -0.388 e. The number of aromatic nitrogens is 3. The van der Waals surface area contributed by atoms with Gasteiger partial charge in [-0.05, 0) is 39.8 Å².